The number of H-pyrrole nitrogens is 1. The number of aromatic hydroxyl groups is 1. The summed E-state index contributed by atoms with van der Waals surface area (Å²) in [5.74, 6) is -1.49. The summed E-state index contributed by atoms with van der Waals surface area (Å²) in [5, 5.41) is 23.9. The van der Waals surface area contributed by atoms with Crippen LogP contribution < -0.4 is 10.1 Å². The lowest BCUT2D eigenvalue weighted by Crippen LogP contribution is -2.42. The number of nitrogens with zero attached hydrogens (tertiary/aromatic N) is 1. The van der Waals surface area contributed by atoms with Crippen molar-refractivity contribution in [3.05, 3.63) is 64.7 Å². The van der Waals surface area contributed by atoms with E-state index in [1.165, 1.54) is 6.33 Å². The van der Waals surface area contributed by atoms with Crippen LogP contribution in [0.4, 0.5) is 0 Å². The second kappa shape index (κ2) is 10.0. The molecule has 0 aliphatic carbocycles. The molecule has 0 unspecified atom stereocenters. The van der Waals surface area contributed by atoms with Crippen LogP contribution in [-0.4, -0.2) is 38.1 Å². The molecule has 1 aliphatic rings. The molecule has 8 nitrogen and oxygen atoms in total. The molecule has 8 heteroatoms. The van der Waals surface area contributed by atoms with Crippen molar-refractivity contribution in [1.29, 1.82) is 0 Å². The fourth-order valence-corrected chi connectivity index (χ4v) is 4.82. The van der Waals surface area contributed by atoms with Crippen LogP contribution in [0.15, 0.2) is 36.8 Å². The molecule has 36 heavy (non-hydrogen) atoms. The molecule has 0 bridgehead atoms. The van der Waals surface area contributed by atoms with Gasteiger partial charge in [-0.25, -0.2) is 9.78 Å². The number of carbonyl (C=O) groups is 2. The number of aromatic amines is 1. The molecule has 1 amide bonds. The van der Waals surface area contributed by atoms with Gasteiger partial charge in [-0.15, -0.1) is 0 Å². The third-order valence-corrected chi connectivity index (χ3v) is 6.65. The van der Waals surface area contributed by atoms with E-state index in [2.05, 4.69) is 22.2 Å². The number of carboxylic acids is 1. The summed E-state index contributed by atoms with van der Waals surface area (Å²) < 4.78 is 6.34. The molecular formula is C28H33N3O5. The lowest BCUT2D eigenvalue weighted by atomic mass is 9.83. The van der Waals surface area contributed by atoms with Crippen molar-refractivity contribution in [2.24, 2.45) is 0 Å². The number of fused-ring (bicyclic) bond motifs is 3. The third kappa shape index (κ3) is 4.94. The third-order valence-electron chi connectivity index (χ3n) is 6.65. The maximum atomic E-state index is 13.6. The maximum Gasteiger partial charge on any atom is 0.326 e. The molecule has 0 radical (unpaired) electrons. The standard InChI is InChI=1S/C28H33N3O5/c1-5-6-7-8-17-12-22-24(19-11-16(2)9-10-20(19)28(3,4)36-22)25(32)23(17)26(33)31-21(27(34)35)13-18-14-29-15-30-18/h9-12,14-15,21,32H,5-8,13H2,1-4H3,(H,29,30)(H,31,33)(H,34,35)/t21-/m0/s1. The number of aromatic nitrogens is 2. The minimum atomic E-state index is -1.20. The molecule has 1 aromatic heterocycles. The highest BCUT2D eigenvalue weighted by atomic mass is 16.5. The Hall–Kier alpha value is -3.81. The summed E-state index contributed by atoms with van der Waals surface area (Å²) >= 11 is 0. The zero-order chi connectivity index (χ0) is 26.0. The molecule has 4 N–H and O–H groups in total. The van der Waals surface area contributed by atoms with Gasteiger partial charge in [0.15, 0.2) is 0 Å². The Balaban J connectivity index is 1.81. The van der Waals surface area contributed by atoms with Crippen molar-refractivity contribution in [3.8, 4) is 22.6 Å². The lowest BCUT2D eigenvalue weighted by molar-refractivity contribution is -0.139. The number of nitrogens with one attached hydrogen (secondary N) is 2. The molecule has 190 valence electrons. The van der Waals surface area contributed by atoms with E-state index in [-0.39, 0.29) is 17.7 Å². The highest BCUT2D eigenvalue weighted by Gasteiger charge is 2.37. The summed E-state index contributed by atoms with van der Waals surface area (Å²) in [6, 6.07) is 6.58. The Labute approximate surface area is 210 Å². The molecule has 0 saturated heterocycles. The fourth-order valence-electron chi connectivity index (χ4n) is 4.82. The number of rotatable bonds is 9. The van der Waals surface area contributed by atoms with Crippen molar-refractivity contribution in [2.75, 3.05) is 0 Å². The highest BCUT2D eigenvalue weighted by Crippen LogP contribution is 2.51. The summed E-state index contributed by atoms with van der Waals surface area (Å²) in [6.07, 6.45) is 6.40. The number of carbonyl (C=O) groups excluding carboxylic acids is 1. The molecule has 1 atom stereocenters. The van der Waals surface area contributed by atoms with Crippen molar-refractivity contribution in [3.63, 3.8) is 0 Å². The van der Waals surface area contributed by atoms with E-state index in [1.807, 2.05) is 45.0 Å². The van der Waals surface area contributed by atoms with Gasteiger partial charge in [0.05, 0.1) is 23.1 Å². The minimum absolute atomic E-state index is 0.0147. The summed E-state index contributed by atoms with van der Waals surface area (Å²) in [5.41, 5.74) is 3.80. The van der Waals surface area contributed by atoms with Crippen molar-refractivity contribution < 1.29 is 24.5 Å². The fraction of sp³-hybridized carbons (Fsp3) is 0.393. The first-order valence-corrected chi connectivity index (χ1v) is 12.3. The summed E-state index contributed by atoms with van der Waals surface area (Å²) in [6.45, 7) is 8.02. The average molecular weight is 492 g/mol. The van der Waals surface area contributed by atoms with Crippen LogP contribution in [0.3, 0.4) is 0 Å². The van der Waals surface area contributed by atoms with Gasteiger partial charge in [-0.05, 0) is 50.8 Å². The Morgan fingerprint density at radius 3 is 2.67 bits per heavy atom. The van der Waals surface area contributed by atoms with Crippen molar-refractivity contribution in [1.82, 2.24) is 15.3 Å². The van der Waals surface area contributed by atoms with E-state index in [0.29, 0.717) is 29.0 Å². The minimum Gasteiger partial charge on any atom is -0.506 e. The molecular weight excluding hydrogens is 458 g/mol. The SMILES string of the molecule is CCCCCc1cc2c(c(O)c1C(=O)N[C@@H](Cc1c[nH]cn1)C(=O)O)-c1cc(C)ccc1C(C)(C)O2. The molecule has 0 spiro atoms. The normalized spacial score (nSPS) is 14.3. The first-order chi connectivity index (χ1) is 17.1. The van der Waals surface area contributed by atoms with Gasteiger partial charge >= 0.3 is 5.97 Å². The monoisotopic (exact) mass is 491 g/mol. The quantitative estimate of drug-likeness (QED) is 0.316. The maximum absolute atomic E-state index is 13.6. The van der Waals surface area contributed by atoms with E-state index in [9.17, 15) is 19.8 Å². The van der Waals surface area contributed by atoms with Gasteiger partial charge in [0, 0.05) is 18.2 Å². The Kier molecular flexibility index (Phi) is 7.06. The van der Waals surface area contributed by atoms with E-state index < -0.39 is 23.5 Å². The molecule has 0 saturated carbocycles. The lowest BCUT2D eigenvalue weighted by Gasteiger charge is -2.36. The first kappa shape index (κ1) is 25.3. The molecule has 4 rings (SSSR count). The van der Waals surface area contributed by atoms with Gasteiger partial charge in [0.25, 0.3) is 5.91 Å². The number of phenolic OH excluding ortho intramolecular Hbond substituents is 1. The number of hydrogen-bond donors (Lipinski definition) is 4. The predicted molar refractivity (Wildman–Crippen MR) is 136 cm³/mol. The van der Waals surface area contributed by atoms with Crippen LogP contribution in [0.25, 0.3) is 11.1 Å². The van der Waals surface area contributed by atoms with Crippen LogP contribution >= 0.6 is 0 Å². The van der Waals surface area contributed by atoms with Gasteiger partial charge in [-0.1, -0.05) is 43.5 Å². The zero-order valence-electron chi connectivity index (χ0n) is 21.1. The van der Waals surface area contributed by atoms with Gasteiger partial charge < -0.3 is 25.3 Å². The Morgan fingerprint density at radius 2 is 2.00 bits per heavy atom. The van der Waals surface area contributed by atoms with E-state index in [1.54, 1.807) is 6.20 Å². The largest absolute Gasteiger partial charge is 0.506 e. The van der Waals surface area contributed by atoms with Crippen LogP contribution in [0.2, 0.25) is 0 Å². The smallest absolute Gasteiger partial charge is 0.326 e. The van der Waals surface area contributed by atoms with E-state index in [0.717, 1.165) is 36.0 Å². The zero-order valence-corrected chi connectivity index (χ0v) is 21.1. The topological polar surface area (TPSA) is 125 Å². The van der Waals surface area contributed by atoms with Crippen LogP contribution in [0.1, 0.15) is 72.8 Å². The Morgan fingerprint density at radius 1 is 1.22 bits per heavy atom. The van der Waals surface area contributed by atoms with E-state index >= 15 is 0 Å². The molecule has 2 heterocycles. The van der Waals surface area contributed by atoms with Gasteiger partial charge in [0.2, 0.25) is 0 Å². The molecule has 0 fully saturated rings. The summed E-state index contributed by atoms with van der Waals surface area (Å²) in [4.78, 5) is 32.4. The van der Waals surface area contributed by atoms with Crippen molar-refractivity contribution in [2.45, 2.75) is 71.4 Å². The number of benzene rings is 2. The number of unbranched alkanes of at least 4 members (excludes halogenated alkanes) is 2. The number of hydrogen-bond acceptors (Lipinski definition) is 5. The highest BCUT2D eigenvalue weighted by molar-refractivity contribution is 6.03. The number of aliphatic carboxylic acids is 1. The van der Waals surface area contributed by atoms with Gasteiger partial charge in [0.1, 0.15) is 23.1 Å². The molecule has 1 aliphatic heterocycles. The number of phenols is 1. The number of amides is 1. The number of carboxylic acid groups (broad SMARTS) is 1. The second-order valence-corrected chi connectivity index (χ2v) is 9.88. The second-order valence-electron chi connectivity index (χ2n) is 9.88. The van der Waals surface area contributed by atoms with Crippen molar-refractivity contribution >= 4 is 11.9 Å². The van der Waals surface area contributed by atoms with Crippen LogP contribution in [0.5, 0.6) is 11.5 Å². The van der Waals surface area contributed by atoms with Gasteiger partial charge in [-0.3, -0.25) is 4.79 Å². The Bertz CT molecular complexity index is 1280. The van der Waals surface area contributed by atoms with E-state index in [4.69, 9.17) is 4.74 Å². The van der Waals surface area contributed by atoms with Gasteiger partial charge in [-0.2, -0.15) is 0 Å². The van der Waals surface area contributed by atoms with Crippen LogP contribution in [-0.2, 0) is 23.2 Å². The predicted octanol–water partition coefficient (Wildman–Crippen LogP) is 4.88. The first-order valence-electron chi connectivity index (χ1n) is 12.3. The average Bonchev–Trinajstić information content (AvgIpc) is 3.31. The van der Waals surface area contributed by atoms with Crippen LogP contribution in [0, 0.1) is 6.92 Å². The number of imidazole rings is 1. The summed E-state index contributed by atoms with van der Waals surface area (Å²) in [7, 11) is 0. The molecule has 3 aromatic rings. The molecule has 2 aromatic carbocycles. The number of ether oxygens (including phenoxy) is 1. The number of aryl methyl sites for hydroxylation is 2.